The molecule has 0 fully saturated rings. The van der Waals surface area contributed by atoms with E-state index in [0.29, 0.717) is 5.56 Å². The second-order valence-electron chi connectivity index (χ2n) is 5.22. The van der Waals surface area contributed by atoms with Crippen LogP contribution in [0, 0.1) is 17.7 Å². The van der Waals surface area contributed by atoms with Gasteiger partial charge < -0.3 is 4.74 Å². The van der Waals surface area contributed by atoms with E-state index >= 15 is 0 Å². The molecule has 3 heteroatoms. The Hall–Kier alpha value is -2.70. The first-order valence-electron chi connectivity index (χ1n) is 7.41. The van der Waals surface area contributed by atoms with Gasteiger partial charge in [0.05, 0.1) is 12.7 Å². The lowest BCUT2D eigenvalue weighted by Gasteiger charge is -2.03. The first-order chi connectivity index (χ1) is 11.7. The van der Waals surface area contributed by atoms with Crippen molar-refractivity contribution in [1.82, 2.24) is 0 Å². The molecule has 0 unspecified atom stereocenters. The van der Waals surface area contributed by atoms with E-state index in [1.165, 1.54) is 6.07 Å². The summed E-state index contributed by atoms with van der Waals surface area (Å²) in [6.07, 6.45) is 0. The Bertz CT molecular complexity index is 903. The minimum absolute atomic E-state index is 0.330. The lowest BCUT2D eigenvalue weighted by atomic mass is 10.0. The van der Waals surface area contributed by atoms with Crippen LogP contribution in [-0.4, -0.2) is 7.11 Å². The third-order valence-corrected chi connectivity index (χ3v) is 3.90. The highest BCUT2D eigenvalue weighted by atomic mass is 32.1. The molecule has 0 bridgehead atoms. The summed E-state index contributed by atoms with van der Waals surface area (Å²) in [6, 6.07) is 20.0. The van der Waals surface area contributed by atoms with Crippen LogP contribution in [0.4, 0.5) is 4.39 Å². The van der Waals surface area contributed by atoms with Crippen LogP contribution in [0.2, 0.25) is 0 Å². The monoisotopic (exact) mass is 334 g/mol. The van der Waals surface area contributed by atoms with Gasteiger partial charge in [-0.15, -0.1) is 12.6 Å². The van der Waals surface area contributed by atoms with Crippen LogP contribution in [0.5, 0.6) is 5.75 Å². The van der Waals surface area contributed by atoms with Gasteiger partial charge >= 0.3 is 0 Å². The molecule has 3 aromatic rings. The highest BCUT2D eigenvalue weighted by Crippen LogP contribution is 2.23. The van der Waals surface area contributed by atoms with Gasteiger partial charge in [-0.25, -0.2) is 4.39 Å². The molecule has 0 atom stereocenters. The predicted octanol–water partition coefficient (Wildman–Crippen LogP) is 5.19. The van der Waals surface area contributed by atoms with Crippen LogP contribution in [0.1, 0.15) is 11.1 Å². The standard InChI is InChI=1S/C21H15FOS/c1-23-19-10-3-15(4-11-19)2-5-17-6-7-18(14-21(17)22)16-8-12-20(24)13-9-16/h3-4,6-14,24H,1H3. The van der Waals surface area contributed by atoms with Crippen LogP contribution in [0.15, 0.2) is 71.6 Å². The summed E-state index contributed by atoms with van der Waals surface area (Å²) in [4.78, 5) is 0.876. The second kappa shape index (κ2) is 7.25. The molecule has 118 valence electrons. The number of benzene rings is 3. The van der Waals surface area contributed by atoms with Crippen molar-refractivity contribution in [3.63, 3.8) is 0 Å². The summed E-state index contributed by atoms with van der Waals surface area (Å²) in [7, 11) is 1.61. The van der Waals surface area contributed by atoms with E-state index in [1.54, 1.807) is 13.2 Å². The van der Waals surface area contributed by atoms with E-state index in [4.69, 9.17) is 4.74 Å². The lowest BCUT2D eigenvalue weighted by molar-refractivity contribution is 0.415. The zero-order valence-electron chi connectivity index (χ0n) is 13.1. The van der Waals surface area contributed by atoms with E-state index in [-0.39, 0.29) is 5.82 Å². The van der Waals surface area contributed by atoms with E-state index < -0.39 is 0 Å². The summed E-state index contributed by atoms with van der Waals surface area (Å²) in [5.74, 6) is 6.28. The Balaban J connectivity index is 1.85. The molecule has 0 amide bonds. The van der Waals surface area contributed by atoms with Crippen LogP contribution in [-0.2, 0) is 0 Å². The Labute approximate surface area is 146 Å². The summed E-state index contributed by atoms with van der Waals surface area (Å²) in [5.41, 5.74) is 2.95. The molecule has 24 heavy (non-hydrogen) atoms. The summed E-state index contributed by atoms with van der Waals surface area (Å²) >= 11 is 4.26. The van der Waals surface area contributed by atoms with Crippen molar-refractivity contribution < 1.29 is 9.13 Å². The Kier molecular flexibility index (Phi) is 4.88. The molecule has 0 saturated heterocycles. The molecular weight excluding hydrogens is 319 g/mol. The van der Waals surface area contributed by atoms with Crippen LogP contribution < -0.4 is 4.74 Å². The number of halogens is 1. The predicted molar refractivity (Wildman–Crippen MR) is 98.1 cm³/mol. The normalized spacial score (nSPS) is 9.96. The fourth-order valence-corrected chi connectivity index (χ4v) is 2.41. The maximum absolute atomic E-state index is 14.3. The quantitative estimate of drug-likeness (QED) is 0.501. The molecule has 0 heterocycles. The fourth-order valence-electron chi connectivity index (χ4n) is 2.26. The van der Waals surface area contributed by atoms with Crippen molar-refractivity contribution in [2.24, 2.45) is 0 Å². The number of ether oxygens (including phenoxy) is 1. The molecule has 0 spiro atoms. The number of methoxy groups -OCH3 is 1. The van der Waals surface area contributed by atoms with Crippen molar-refractivity contribution in [2.45, 2.75) is 4.90 Å². The first kappa shape index (κ1) is 16.2. The number of hydrogen-bond acceptors (Lipinski definition) is 2. The zero-order valence-corrected chi connectivity index (χ0v) is 14.0. The smallest absolute Gasteiger partial charge is 0.139 e. The van der Waals surface area contributed by atoms with Gasteiger partial charge in [0.15, 0.2) is 0 Å². The molecule has 0 radical (unpaired) electrons. The highest BCUT2D eigenvalue weighted by Gasteiger charge is 2.03. The summed E-state index contributed by atoms with van der Waals surface area (Å²) in [5, 5.41) is 0. The average molecular weight is 334 g/mol. The van der Waals surface area contributed by atoms with Gasteiger partial charge in [0.2, 0.25) is 0 Å². The van der Waals surface area contributed by atoms with Crippen LogP contribution in [0.3, 0.4) is 0 Å². The van der Waals surface area contributed by atoms with E-state index in [2.05, 4.69) is 24.5 Å². The molecule has 3 rings (SSSR count). The van der Waals surface area contributed by atoms with Gasteiger partial charge in [-0.1, -0.05) is 30.0 Å². The van der Waals surface area contributed by atoms with Gasteiger partial charge in [-0.2, -0.15) is 0 Å². The lowest BCUT2D eigenvalue weighted by Crippen LogP contribution is -1.86. The van der Waals surface area contributed by atoms with Crippen molar-refractivity contribution >= 4 is 12.6 Å². The molecule has 0 aliphatic heterocycles. The Morgan fingerprint density at radius 3 is 2.12 bits per heavy atom. The largest absolute Gasteiger partial charge is 0.497 e. The van der Waals surface area contributed by atoms with E-state index in [0.717, 1.165) is 27.3 Å². The zero-order chi connectivity index (χ0) is 16.9. The van der Waals surface area contributed by atoms with Crippen molar-refractivity contribution in [3.8, 4) is 28.7 Å². The van der Waals surface area contributed by atoms with Gasteiger partial charge in [-0.05, 0) is 59.7 Å². The molecule has 0 aliphatic rings. The SMILES string of the molecule is COc1ccc(C#Cc2ccc(-c3ccc(S)cc3)cc2F)cc1. The Morgan fingerprint density at radius 2 is 1.50 bits per heavy atom. The van der Waals surface area contributed by atoms with Gasteiger partial charge in [0, 0.05) is 10.5 Å². The fraction of sp³-hybridized carbons (Fsp3) is 0.0476. The number of thiol groups is 1. The van der Waals surface area contributed by atoms with E-state index in [9.17, 15) is 4.39 Å². The van der Waals surface area contributed by atoms with Gasteiger partial charge in [0.25, 0.3) is 0 Å². The molecule has 0 saturated carbocycles. The molecule has 0 N–H and O–H groups in total. The topological polar surface area (TPSA) is 9.23 Å². The van der Waals surface area contributed by atoms with Crippen molar-refractivity contribution in [1.29, 1.82) is 0 Å². The molecule has 0 aromatic heterocycles. The highest BCUT2D eigenvalue weighted by molar-refractivity contribution is 7.80. The second-order valence-corrected chi connectivity index (χ2v) is 5.74. The van der Waals surface area contributed by atoms with Crippen molar-refractivity contribution in [2.75, 3.05) is 7.11 Å². The van der Waals surface area contributed by atoms with Gasteiger partial charge in [-0.3, -0.25) is 0 Å². The summed E-state index contributed by atoms with van der Waals surface area (Å²) < 4.78 is 19.4. The maximum atomic E-state index is 14.3. The van der Waals surface area contributed by atoms with Crippen LogP contribution in [0.25, 0.3) is 11.1 Å². The third-order valence-electron chi connectivity index (χ3n) is 3.60. The molecule has 1 nitrogen and oxygen atoms in total. The average Bonchev–Trinajstić information content (AvgIpc) is 2.62. The van der Waals surface area contributed by atoms with Gasteiger partial charge in [0.1, 0.15) is 11.6 Å². The molecular formula is C21H15FOS. The van der Waals surface area contributed by atoms with E-state index in [1.807, 2.05) is 54.6 Å². The summed E-state index contributed by atoms with van der Waals surface area (Å²) in [6.45, 7) is 0. The maximum Gasteiger partial charge on any atom is 0.139 e. The molecule has 0 aliphatic carbocycles. The molecule has 3 aromatic carbocycles. The number of hydrogen-bond donors (Lipinski definition) is 1. The van der Waals surface area contributed by atoms with Crippen LogP contribution >= 0.6 is 12.6 Å². The minimum atomic E-state index is -0.330. The first-order valence-corrected chi connectivity index (χ1v) is 7.85. The minimum Gasteiger partial charge on any atom is -0.497 e. The Morgan fingerprint density at radius 1 is 0.833 bits per heavy atom. The van der Waals surface area contributed by atoms with Crippen molar-refractivity contribution in [3.05, 3.63) is 83.7 Å². The number of rotatable bonds is 2. The third kappa shape index (κ3) is 3.79.